The summed E-state index contributed by atoms with van der Waals surface area (Å²) in [4.78, 5) is 0. The van der Waals surface area contributed by atoms with Gasteiger partial charge in [0.05, 0.1) is 6.17 Å². The van der Waals surface area contributed by atoms with Crippen LogP contribution in [0.5, 0.6) is 0 Å². The van der Waals surface area contributed by atoms with Gasteiger partial charge in [-0.05, 0) is 38.4 Å². The highest BCUT2D eigenvalue weighted by Crippen LogP contribution is 2.13. The largest absolute Gasteiger partial charge is 0.370 e. The molecule has 0 bridgehead atoms. The lowest BCUT2D eigenvalue weighted by Gasteiger charge is -2.13. The first kappa shape index (κ1) is 8.57. The van der Waals surface area contributed by atoms with E-state index in [4.69, 9.17) is 0 Å². The first-order valence-electron chi connectivity index (χ1n) is 4.91. The highest BCUT2D eigenvalue weighted by atomic mass is 15.1. The zero-order chi connectivity index (χ0) is 9.10. The molecule has 0 saturated carbocycles. The number of hydrogen-bond donors (Lipinski definition) is 2. The van der Waals surface area contributed by atoms with Crippen molar-refractivity contribution < 1.29 is 0 Å². The van der Waals surface area contributed by atoms with Crippen molar-refractivity contribution in [1.29, 1.82) is 0 Å². The molecule has 1 aliphatic heterocycles. The molecule has 13 heavy (non-hydrogen) atoms. The second-order valence-electron chi connectivity index (χ2n) is 3.66. The van der Waals surface area contributed by atoms with Crippen LogP contribution in [0.4, 0.5) is 5.69 Å². The summed E-state index contributed by atoms with van der Waals surface area (Å²) < 4.78 is 0. The Kier molecular flexibility index (Phi) is 2.50. The third-order valence-electron chi connectivity index (χ3n) is 2.45. The summed E-state index contributed by atoms with van der Waals surface area (Å²) in [5, 5.41) is 6.87. The molecule has 0 radical (unpaired) electrons. The van der Waals surface area contributed by atoms with Crippen LogP contribution in [0.25, 0.3) is 0 Å². The van der Waals surface area contributed by atoms with E-state index in [-0.39, 0.29) is 0 Å². The number of hydrogen-bond acceptors (Lipinski definition) is 2. The lowest BCUT2D eigenvalue weighted by Crippen LogP contribution is -2.29. The Morgan fingerprint density at radius 1 is 1.31 bits per heavy atom. The van der Waals surface area contributed by atoms with Crippen LogP contribution in [-0.4, -0.2) is 12.7 Å². The van der Waals surface area contributed by atoms with E-state index in [0.717, 1.165) is 6.54 Å². The smallest absolute Gasteiger partial charge is 0.0768 e. The minimum absolute atomic E-state index is 0.475. The Bertz CT molecular complexity index is 260. The average molecular weight is 176 g/mol. The average Bonchev–Trinajstić information content (AvgIpc) is 2.62. The summed E-state index contributed by atoms with van der Waals surface area (Å²) in [5.41, 5.74) is 2.52. The van der Waals surface area contributed by atoms with Gasteiger partial charge in [-0.2, -0.15) is 0 Å². The highest BCUT2D eigenvalue weighted by molar-refractivity contribution is 5.45. The minimum atomic E-state index is 0.475. The molecule has 1 aliphatic rings. The van der Waals surface area contributed by atoms with Gasteiger partial charge in [0, 0.05) is 5.69 Å². The molecule has 0 aromatic heterocycles. The molecule has 1 atom stereocenters. The van der Waals surface area contributed by atoms with Crippen LogP contribution in [0.1, 0.15) is 18.4 Å². The summed E-state index contributed by atoms with van der Waals surface area (Å²) >= 11 is 0. The van der Waals surface area contributed by atoms with Gasteiger partial charge >= 0.3 is 0 Å². The second-order valence-corrected chi connectivity index (χ2v) is 3.66. The van der Waals surface area contributed by atoms with Gasteiger partial charge in [-0.1, -0.05) is 17.7 Å². The van der Waals surface area contributed by atoms with E-state index in [1.807, 2.05) is 0 Å². The van der Waals surface area contributed by atoms with Crippen LogP contribution in [0, 0.1) is 6.92 Å². The summed E-state index contributed by atoms with van der Waals surface area (Å²) in [6.07, 6.45) is 2.99. The summed E-state index contributed by atoms with van der Waals surface area (Å²) in [6.45, 7) is 3.25. The number of aryl methyl sites for hydroxylation is 1. The molecular formula is C11H16N2. The molecule has 2 rings (SSSR count). The van der Waals surface area contributed by atoms with Gasteiger partial charge in [0.2, 0.25) is 0 Å². The van der Waals surface area contributed by atoms with Gasteiger partial charge in [0.15, 0.2) is 0 Å². The lowest BCUT2D eigenvalue weighted by atomic mass is 10.2. The van der Waals surface area contributed by atoms with Crippen LogP contribution in [0.3, 0.4) is 0 Å². The predicted octanol–water partition coefficient (Wildman–Crippen LogP) is 2.12. The van der Waals surface area contributed by atoms with Crippen molar-refractivity contribution in [2.24, 2.45) is 0 Å². The third-order valence-corrected chi connectivity index (χ3v) is 2.45. The first-order chi connectivity index (χ1) is 6.34. The van der Waals surface area contributed by atoms with E-state index in [1.54, 1.807) is 0 Å². The molecular weight excluding hydrogens is 160 g/mol. The van der Waals surface area contributed by atoms with Gasteiger partial charge in [-0.15, -0.1) is 0 Å². The number of anilines is 1. The van der Waals surface area contributed by atoms with Crippen molar-refractivity contribution in [3.8, 4) is 0 Å². The molecule has 70 valence electrons. The molecule has 1 fully saturated rings. The van der Waals surface area contributed by atoms with Crippen LogP contribution in [0.2, 0.25) is 0 Å². The normalized spacial score (nSPS) is 21.8. The molecule has 0 amide bonds. The Morgan fingerprint density at radius 2 is 2.08 bits per heavy atom. The molecule has 0 aliphatic carbocycles. The van der Waals surface area contributed by atoms with Gasteiger partial charge in [0.25, 0.3) is 0 Å². The van der Waals surface area contributed by atoms with Crippen molar-refractivity contribution in [1.82, 2.24) is 5.32 Å². The van der Waals surface area contributed by atoms with E-state index >= 15 is 0 Å². The summed E-state index contributed by atoms with van der Waals surface area (Å²) in [7, 11) is 0. The van der Waals surface area contributed by atoms with E-state index in [2.05, 4.69) is 41.8 Å². The van der Waals surface area contributed by atoms with E-state index in [1.165, 1.54) is 24.1 Å². The quantitative estimate of drug-likeness (QED) is 0.721. The topological polar surface area (TPSA) is 24.1 Å². The maximum absolute atomic E-state index is 3.46. The summed E-state index contributed by atoms with van der Waals surface area (Å²) in [5.74, 6) is 0. The number of nitrogens with one attached hydrogen (secondary N) is 2. The molecule has 2 nitrogen and oxygen atoms in total. The summed E-state index contributed by atoms with van der Waals surface area (Å²) in [6, 6.07) is 8.54. The Labute approximate surface area is 79.4 Å². The fraction of sp³-hybridized carbons (Fsp3) is 0.455. The van der Waals surface area contributed by atoms with Gasteiger partial charge in [-0.3, -0.25) is 5.32 Å². The fourth-order valence-corrected chi connectivity index (χ4v) is 1.66. The van der Waals surface area contributed by atoms with Crippen LogP contribution >= 0.6 is 0 Å². The van der Waals surface area contributed by atoms with Gasteiger partial charge in [-0.25, -0.2) is 0 Å². The Hall–Kier alpha value is -1.02. The monoisotopic (exact) mass is 176 g/mol. The van der Waals surface area contributed by atoms with Crippen LogP contribution < -0.4 is 10.6 Å². The zero-order valence-corrected chi connectivity index (χ0v) is 8.01. The molecule has 1 saturated heterocycles. The SMILES string of the molecule is Cc1ccc(NC2CCCN2)cc1. The van der Waals surface area contributed by atoms with E-state index in [9.17, 15) is 0 Å². The molecule has 2 N–H and O–H groups in total. The first-order valence-corrected chi connectivity index (χ1v) is 4.91. The van der Waals surface area contributed by atoms with Gasteiger partial charge in [0.1, 0.15) is 0 Å². The highest BCUT2D eigenvalue weighted by Gasteiger charge is 2.12. The van der Waals surface area contributed by atoms with Crippen LogP contribution in [-0.2, 0) is 0 Å². The molecule has 1 aromatic rings. The van der Waals surface area contributed by atoms with E-state index in [0.29, 0.717) is 6.17 Å². The van der Waals surface area contributed by atoms with Crippen molar-refractivity contribution in [2.45, 2.75) is 25.9 Å². The maximum atomic E-state index is 3.46. The molecule has 2 heteroatoms. The van der Waals surface area contributed by atoms with Gasteiger partial charge < -0.3 is 5.32 Å². The number of rotatable bonds is 2. The van der Waals surface area contributed by atoms with Crippen molar-refractivity contribution in [3.05, 3.63) is 29.8 Å². The Morgan fingerprint density at radius 3 is 2.69 bits per heavy atom. The second kappa shape index (κ2) is 3.79. The zero-order valence-electron chi connectivity index (χ0n) is 8.01. The lowest BCUT2D eigenvalue weighted by molar-refractivity contribution is 0.679. The molecule has 1 aromatic carbocycles. The van der Waals surface area contributed by atoms with E-state index < -0.39 is 0 Å². The molecule has 1 heterocycles. The minimum Gasteiger partial charge on any atom is -0.370 e. The third kappa shape index (κ3) is 2.22. The molecule has 1 unspecified atom stereocenters. The van der Waals surface area contributed by atoms with Crippen LogP contribution in [0.15, 0.2) is 24.3 Å². The standard InChI is InChI=1S/C11H16N2/c1-9-4-6-10(7-5-9)13-11-3-2-8-12-11/h4-7,11-13H,2-3,8H2,1H3. The maximum Gasteiger partial charge on any atom is 0.0768 e. The number of benzene rings is 1. The predicted molar refractivity (Wildman–Crippen MR) is 55.8 cm³/mol. The molecule has 0 spiro atoms. The Balaban J connectivity index is 1.97. The van der Waals surface area contributed by atoms with Crippen molar-refractivity contribution in [3.63, 3.8) is 0 Å². The van der Waals surface area contributed by atoms with Crippen molar-refractivity contribution >= 4 is 5.69 Å². The fourth-order valence-electron chi connectivity index (χ4n) is 1.66. The van der Waals surface area contributed by atoms with Crippen molar-refractivity contribution in [2.75, 3.05) is 11.9 Å².